The van der Waals surface area contributed by atoms with Crippen LogP contribution >= 0.6 is 0 Å². The van der Waals surface area contributed by atoms with Crippen molar-refractivity contribution < 1.29 is 17.2 Å². The topological polar surface area (TPSA) is 60.2 Å². The monoisotopic (exact) mass is 255 g/mol. The van der Waals surface area contributed by atoms with E-state index in [9.17, 15) is 12.8 Å². The molecule has 0 bridgehead atoms. The minimum atomic E-state index is -3.15. The van der Waals surface area contributed by atoms with Crippen LogP contribution < -0.4 is 0 Å². The molecular weight excluding hydrogens is 245 g/mol. The van der Waals surface area contributed by atoms with Gasteiger partial charge in [-0.05, 0) is 18.2 Å². The number of rotatable bonds is 3. The fourth-order valence-electron chi connectivity index (χ4n) is 1.40. The average Bonchev–Trinajstić information content (AvgIpc) is 2.63. The molecule has 1 aromatic carbocycles. The normalized spacial score (nSPS) is 11.6. The number of hydrogen-bond acceptors (Lipinski definition) is 4. The minimum Gasteiger partial charge on any atom is -0.444 e. The van der Waals surface area contributed by atoms with Gasteiger partial charge in [-0.15, -0.1) is 0 Å². The molecule has 6 heteroatoms. The lowest BCUT2D eigenvalue weighted by Gasteiger charge is -1.94. The van der Waals surface area contributed by atoms with Crippen LogP contribution in [-0.4, -0.2) is 19.7 Å². The molecule has 90 valence electrons. The molecule has 0 saturated heterocycles. The lowest BCUT2D eigenvalue weighted by Crippen LogP contribution is -2.00. The Labute approximate surface area is 98.0 Å². The van der Waals surface area contributed by atoms with Gasteiger partial charge < -0.3 is 4.42 Å². The Morgan fingerprint density at radius 2 is 2.18 bits per heavy atom. The van der Waals surface area contributed by atoms with Crippen molar-refractivity contribution in [1.82, 2.24) is 4.98 Å². The first-order valence-corrected chi connectivity index (χ1v) is 6.88. The number of hydrogen-bond donors (Lipinski definition) is 0. The van der Waals surface area contributed by atoms with Crippen molar-refractivity contribution in [2.45, 2.75) is 5.75 Å². The summed E-state index contributed by atoms with van der Waals surface area (Å²) < 4.78 is 40.2. The summed E-state index contributed by atoms with van der Waals surface area (Å²) in [6.45, 7) is 0. The van der Waals surface area contributed by atoms with Crippen molar-refractivity contribution in [3.8, 4) is 11.5 Å². The molecule has 0 spiro atoms. The van der Waals surface area contributed by atoms with Crippen LogP contribution in [-0.2, 0) is 15.6 Å². The van der Waals surface area contributed by atoms with E-state index < -0.39 is 15.7 Å². The SMILES string of the molecule is CS(=O)(=O)Cc1coc(-c2cccc(F)c2)n1. The van der Waals surface area contributed by atoms with Gasteiger partial charge in [0.15, 0.2) is 9.84 Å². The molecule has 17 heavy (non-hydrogen) atoms. The zero-order valence-corrected chi connectivity index (χ0v) is 9.87. The Morgan fingerprint density at radius 1 is 1.41 bits per heavy atom. The second-order valence-electron chi connectivity index (χ2n) is 3.72. The minimum absolute atomic E-state index is 0.189. The Hall–Kier alpha value is -1.69. The van der Waals surface area contributed by atoms with Crippen LogP contribution in [0, 0.1) is 5.82 Å². The van der Waals surface area contributed by atoms with E-state index in [2.05, 4.69) is 4.98 Å². The highest BCUT2D eigenvalue weighted by atomic mass is 32.2. The first-order valence-electron chi connectivity index (χ1n) is 4.82. The van der Waals surface area contributed by atoms with Crippen LogP contribution in [0.3, 0.4) is 0 Å². The van der Waals surface area contributed by atoms with E-state index in [1.807, 2.05) is 0 Å². The first kappa shape index (κ1) is 11.8. The molecule has 2 rings (SSSR count). The maximum atomic E-state index is 13.0. The van der Waals surface area contributed by atoms with Crippen molar-refractivity contribution in [2.24, 2.45) is 0 Å². The van der Waals surface area contributed by atoms with Gasteiger partial charge in [0, 0.05) is 11.8 Å². The number of nitrogens with zero attached hydrogens (tertiary/aromatic N) is 1. The Bertz CT molecular complexity index is 634. The fraction of sp³-hybridized carbons (Fsp3) is 0.182. The zero-order valence-electron chi connectivity index (χ0n) is 9.05. The predicted molar refractivity (Wildman–Crippen MR) is 60.4 cm³/mol. The van der Waals surface area contributed by atoms with E-state index in [-0.39, 0.29) is 11.6 Å². The van der Waals surface area contributed by atoms with E-state index in [4.69, 9.17) is 4.42 Å². The Kier molecular flexibility index (Phi) is 2.97. The molecule has 0 unspecified atom stereocenters. The summed E-state index contributed by atoms with van der Waals surface area (Å²) in [5.74, 6) is -0.375. The molecule has 0 N–H and O–H groups in total. The molecule has 4 nitrogen and oxygen atoms in total. The summed E-state index contributed by atoms with van der Waals surface area (Å²) in [6.07, 6.45) is 2.38. The van der Waals surface area contributed by atoms with Gasteiger partial charge in [-0.1, -0.05) is 6.07 Å². The standard InChI is InChI=1S/C11H10FNO3S/c1-17(14,15)7-10-6-16-11(13-10)8-3-2-4-9(12)5-8/h2-6H,7H2,1H3. The molecule has 2 aromatic rings. The van der Waals surface area contributed by atoms with Gasteiger partial charge in [0.1, 0.15) is 12.1 Å². The van der Waals surface area contributed by atoms with Crippen LogP contribution in [0.4, 0.5) is 4.39 Å². The quantitative estimate of drug-likeness (QED) is 0.842. The Morgan fingerprint density at radius 3 is 2.82 bits per heavy atom. The Balaban J connectivity index is 2.30. The lowest BCUT2D eigenvalue weighted by atomic mass is 10.2. The van der Waals surface area contributed by atoms with Gasteiger partial charge in [-0.2, -0.15) is 0 Å². The number of oxazole rings is 1. The van der Waals surface area contributed by atoms with Gasteiger partial charge >= 0.3 is 0 Å². The van der Waals surface area contributed by atoms with Crippen LogP contribution in [0.2, 0.25) is 0 Å². The molecule has 0 radical (unpaired) electrons. The van der Waals surface area contributed by atoms with Crippen molar-refractivity contribution in [3.63, 3.8) is 0 Å². The first-order chi connectivity index (χ1) is 7.94. The molecule has 0 fully saturated rings. The predicted octanol–water partition coefficient (Wildman–Crippen LogP) is 2.03. The number of sulfone groups is 1. The van der Waals surface area contributed by atoms with Gasteiger partial charge in [-0.3, -0.25) is 0 Å². The molecule has 0 amide bonds. The van der Waals surface area contributed by atoms with Crippen molar-refractivity contribution in [3.05, 3.63) is 42.0 Å². The zero-order chi connectivity index (χ0) is 12.5. The number of benzene rings is 1. The average molecular weight is 255 g/mol. The van der Waals surface area contributed by atoms with Crippen molar-refractivity contribution >= 4 is 9.84 Å². The van der Waals surface area contributed by atoms with Crippen LogP contribution in [0.5, 0.6) is 0 Å². The maximum absolute atomic E-state index is 13.0. The summed E-state index contributed by atoms with van der Waals surface area (Å²) in [5, 5.41) is 0. The fourth-order valence-corrected chi connectivity index (χ4v) is 2.07. The second-order valence-corrected chi connectivity index (χ2v) is 5.86. The summed E-state index contributed by atoms with van der Waals surface area (Å²) in [7, 11) is -3.15. The van der Waals surface area contributed by atoms with Crippen molar-refractivity contribution in [1.29, 1.82) is 0 Å². The third-order valence-electron chi connectivity index (χ3n) is 2.03. The largest absolute Gasteiger partial charge is 0.444 e. The smallest absolute Gasteiger partial charge is 0.226 e. The second kappa shape index (κ2) is 4.29. The van der Waals surface area contributed by atoms with Gasteiger partial charge in [-0.25, -0.2) is 17.8 Å². The number of aromatic nitrogens is 1. The van der Waals surface area contributed by atoms with Crippen molar-refractivity contribution in [2.75, 3.05) is 6.26 Å². The highest BCUT2D eigenvalue weighted by molar-refractivity contribution is 7.89. The molecule has 1 heterocycles. The van der Waals surface area contributed by atoms with Gasteiger partial charge in [0.25, 0.3) is 0 Å². The lowest BCUT2D eigenvalue weighted by molar-refractivity contribution is 0.570. The van der Waals surface area contributed by atoms with E-state index in [0.717, 1.165) is 6.26 Å². The highest BCUT2D eigenvalue weighted by Gasteiger charge is 2.11. The third-order valence-corrected chi connectivity index (χ3v) is 2.85. The van der Waals surface area contributed by atoms with Crippen LogP contribution in [0.15, 0.2) is 34.9 Å². The third kappa shape index (κ3) is 3.13. The molecular formula is C11H10FNO3S. The molecule has 0 saturated carbocycles. The highest BCUT2D eigenvalue weighted by Crippen LogP contribution is 2.20. The van der Waals surface area contributed by atoms with E-state index in [1.54, 1.807) is 6.07 Å². The summed E-state index contributed by atoms with van der Waals surface area (Å²) in [6, 6.07) is 5.75. The van der Waals surface area contributed by atoms with E-state index in [0.29, 0.717) is 11.3 Å². The molecule has 1 aromatic heterocycles. The molecule has 0 aliphatic rings. The molecule has 0 atom stereocenters. The molecule has 0 aliphatic carbocycles. The summed E-state index contributed by atoms with van der Waals surface area (Å²) in [5.41, 5.74) is 0.788. The van der Waals surface area contributed by atoms with Gasteiger partial charge in [0.05, 0.1) is 11.4 Å². The van der Waals surface area contributed by atoms with E-state index >= 15 is 0 Å². The van der Waals surface area contributed by atoms with Gasteiger partial charge in [0.2, 0.25) is 5.89 Å². The summed E-state index contributed by atoms with van der Waals surface area (Å²) in [4.78, 5) is 3.99. The maximum Gasteiger partial charge on any atom is 0.226 e. The van der Waals surface area contributed by atoms with Crippen LogP contribution in [0.1, 0.15) is 5.69 Å². The number of halogens is 1. The van der Waals surface area contributed by atoms with E-state index in [1.165, 1.54) is 24.5 Å². The molecule has 0 aliphatic heterocycles. The summed E-state index contributed by atoms with van der Waals surface area (Å²) >= 11 is 0. The van der Waals surface area contributed by atoms with Crippen LogP contribution in [0.25, 0.3) is 11.5 Å².